The number of aryl methyl sites for hydroxylation is 1. The number of pyridine rings is 1. The first-order chi connectivity index (χ1) is 11.0. The van der Waals surface area contributed by atoms with Crippen LogP contribution in [0.3, 0.4) is 0 Å². The summed E-state index contributed by atoms with van der Waals surface area (Å²) in [4.78, 5) is 6.29. The second-order valence-electron chi connectivity index (χ2n) is 5.51. The second-order valence-corrected chi connectivity index (χ2v) is 7.41. The molecule has 1 aromatic heterocycles. The van der Waals surface area contributed by atoms with Crippen LogP contribution in [0, 0.1) is 12.7 Å². The van der Waals surface area contributed by atoms with E-state index >= 15 is 0 Å². The third-order valence-electron chi connectivity index (χ3n) is 4.02. The van der Waals surface area contributed by atoms with E-state index in [1.54, 1.807) is 19.3 Å². The van der Waals surface area contributed by atoms with E-state index in [9.17, 15) is 12.8 Å². The molecule has 0 aliphatic carbocycles. The Bertz CT molecular complexity index is 788. The van der Waals surface area contributed by atoms with Gasteiger partial charge in [-0.2, -0.15) is 4.31 Å². The van der Waals surface area contributed by atoms with E-state index in [-0.39, 0.29) is 4.90 Å². The van der Waals surface area contributed by atoms with Crippen LogP contribution in [-0.4, -0.2) is 43.9 Å². The van der Waals surface area contributed by atoms with Gasteiger partial charge in [0.2, 0.25) is 10.0 Å². The molecule has 0 radical (unpaired) electrons. The summed E-state index contributed by atoms with van der Waals surface area (Å²) in [5, 5.41) is 0. The molecule has 1 aromatic carbocycles. The molecule has 2 heterocycles. The lowest BCUT2D eigenvalue weighted by atomic mass is 10.2. The minimum absolute atomic E-state index is 0.177. The number of nitrogens with zero attached hydrogens (tertiary/aromatic N) is 3. The highest BCUT2D eigenvalue weighted by atomic mass is 32.2. The molecule has 0 bridgehead atoms. The summed E-state index contributed by atoms with van der Waals surface area (Å²) in [5.74, 6) is -0.427. The smallest absolute Gasteiger partial charge is 0.243 e. The van der Waals surface area contributed by atoms with Crippen molar-refractivity contribution in [2.75, 3.05) is 31.1 Å². The molecule has 1 aliphatic rings. The number of aromatic nitrogens is 1. The van der Waals surface area contributed by atoms with Gasteiger partial charge in [0.15, 0.2) is 0 Å². The predicted octanol–water partition coefficient (Wildman–Crippen LogP) is 2.04. The summed E-state index contributed by atoms with van der Waals surface area (Å²) in [5.41, 5.74) is 1.47. The van der Waals surface area contributed by atoms with Crippen molar-refractivity contribution in [1.29, 1.82) is 0 Å². The van der Waals surface area contributed by atoms with E-state index in [4.69, 9.17) is 0 Å². The van der Waals surface area contributed by atoms with Gasteiger partial charge in [-0.25, -0.2) is 12.8 Å². The zero-order valence-electron chi connectivity index (χ0n) is 12.8. The third kappa shape index (κ3) is 3.20. The Hall–Kier alpha value is -1.99. The molecule has 0 spiro atoms. The molecule has 0 atom stereocenters. The Morgan fingerprint density at radius 2 is 1.70 bits per heavy atom. The van der Waals surface area contributed by atoms with Crippen molar-refractivity contribution in [1.82, 2.24) is 9.29 Å². The van der Waals surface area contributed by atoms with Crippen LogP contribution >= 0.6 is 0 Å². The number of anilines is 1. The number of hydrogen-bond donors (Lipinski definition) is 0. The third-order valence-corrected chi connectivity index (χ3v) is 6.08. The van der Waals surface area contributed by atoms with Crippen molar-refractivity contribution >= 4 is 15.7 Å². The quantitative estimate of drug-likeness (QED) is 0.861. The summed E-state index contributed by atoms with van der Waals surface area (Å²) in [6, 6.07) is 7.60. The topological polar surface area (TPSA) is 53.5 Å². The average Bonchev–Trinajstić information content (AvgIpc) is 2.55. The van der Waals surface area contributed by atoms with Gasteiger partial charge < -0.3 is 4.90 Å². The number of benzene rings is 1. The number of halogens is 1. The van der Waals surface area contributed by atoms with Gasteiger partial charge in [-0.05, 0) is 42.8 Å². The van der Waals surface area contributed by atoms with Crippen LogP contribution in [0.25, 0.3) is 0 Å². The van der Waals surface area contributed by atoms with Gasteiger partial charge in [0.1, 0.15) is 5.82 Å². The Morgan fingerprint density at radius 3 is 2.30 bits per heavy atom. The van der Waals surface area contributed by atoms with Gasteiger partial charge >= 0.3 is 0 Å². The van der Waals surface area contributed by atoms with Gasteiger partial charge in [0.05, 0.1) is 4.90 Å². The van der Waals surface area contributed by atoms with Gasteiger partial charge in [0.25, 0.3) is 0 Å². The fraction of sp³-hybridized carbons (Fsp3) is 0.312. The highest BCUT2D eigenvalue weighted by molar-refractivity contribution is 7.89. The van der Waals surface area contributed by atoms with E-state index in [1.807, 2.05) is 12.1 Å². The van der Waals surface area contributed by atoms with Crippen molar-refractivity contribution in [2.24, 2.45) is 0 Å². The molecule has 1 saturated heterocycles. The first-order valence-corrected chi connectivity index (χ1v) is 8.84. The molecule has 0 N–H and O–H groups in total. The number of hydrogen-bond acceptors (Lipinski definition) is 4. The van der Waals surface area contributed by atoms with Crippen molar-refractivity contribution < 1.29 is 12.8 Å². The molecular weight excluding hydrogens is 317 g/mol. The highest BCUT2D eigenvalue weighted by Gasteiger charge is 2.29. The fourth-order valence-corrected chi connectivity index (χ4v) is 4.41. The van der Waals surface area contributed by atoms with E-state index in [1.165, 1.54) is 22.5 Å². The van der Waals surface area contributed by atoms with Gasteiger partial charge in [-0.15, -0.1) is 0 Å². The van der Waals surface area contributed by atoms with E-state index < -0.39 is 15.8 Å². The Balaban J connectivity index is 1.76. The van der Waals surface area contributed by atoms with Crippen LogP contribution in [0.1, 0.15) is 5.56 Å². The maximum atomic E-state index is 13.2. The molecule has 1 fully saturated rings. The Kier molecular flexibility index (Phi) is 4.32. The van der Waals surface area contributed by atoms with Gasteiger partial charge in [-0.3, -0.25) is 4.98 Å². The summed E-state index contributed by atoms with van der Waals surface area (Å²) >= 11 is 0. The molecule has 23 heavy (non-hydrogen) atoms. The fourth-order valence-electron chi connectivity index (χ4n) is 2.78. The maximum absolute atomic E-state index is 13.2. The number of sulfonamides is 1. The minimum Gasteiger partial charge on any atom is -0.369 e. The predicted molar refractivity (Wildman–Crippen MR) is 86.3 cm³/mol. The Morgan fingerprint density at radius 1 is 1.04 bits per heavy atom. The molecular formula is C16H18FN3O2S. The lowest BCUT2D eigenvalue weighted by Gasteiger charge is -2.35. The number of rotatable bonds is 3. The largest absolute Gasteiger partial charge is 0.369 e. The SMILES string of the molecule is Cc1cc(F)ccc1S(=O)(=O)N1CCN(c2ccncc2)CC1. The summed E-state index contributed by atoms with van der Waals surface area (Å²) in [6.45, 7) is 3.65. The lowest BCUT2D eigenvalue weighted by molar-refractivity contribution is 0.384. The van der Waals surface area contributed by atoms with Gasteiger partial charge in [-0.1, -0.05) is 0 Å². The molecule has 5 nitrogen and oxygen atoms in total. The molecule has 3 rings (SSSR count). The minimum atomic E-state index is -3.59. The molecule has 0 saturated carbocycles. The maximum Gasteiger partial charge on any atom is 0.243 e. The van der Waals surface area contributed by atoms with Crippen molar-refractivity contribution in [3.05, 3.63) is 54.1 Å². The highest BCUT2D eigenvalue weighted by Crippen LogP contribution is 2.23. The first-order valence-electron chi connectivity index (χ1n) is 7.40. The van der Waals surface area contributed by atoms with E-state index in [0.717, 1.165) is 5.69 Å². The molecule has 1 aliphatic heterocycles. The first kappa shape index (κ1) is 15.9. The van der Waals surface area contributed by atoms with Crippen LogP contribution in [-0.2, 0) is 10.0 Å². The van der Waals surface area contributed by atoms with Crippen LogP contribution in [0.15, 0.2) is 47.6 Å². The molecule has 0 unspecified atom stereocenters. The van der Waals surface area contributed by atoms with Crippen molar-refractivity contribution in [3.63, 3.8) is 0 Å². The molecule has 7 heteroatoms. The van der Waals surface area contributed by atoms with E-state index in [0.29, 0.717) is 31.7 Å². The lowest BCUT2D eigenvalue weighted by Crippen LogP contribution is -2.48. The summed E-state index contributed by atoms with van der Waals surface area (Å²) in [7, 11) is -3.59. The Labute approximate surface area is 135 Å². The molecule has 2 aromatic rings. The van der Waals surface area contributed by atoms with Crippen LogP contribution < -0.4 is 4.90 Å². The second kappa shape index (κ2) is 6.25. The zero-order valence-corrected chi connectivity index (χ0v) is 13.6. The summed E-state index contributed by atoms with van der Waals surface area (Å²) in [6.07, 6.45) is 3.45. The van der Waals surface area contributed by atoms with Crippen LogP contribution in [0.4, 0.5) is 10.1 Å². The monoisotopic (exact) mass is 335 g/mol. The van der Waals surface area contributed by atoms with Crippen LogP contribution in [0.2, 0.25) is 0 Å². The van der Waals surface area contributed by atoms with Crippen LogP contribution in [0.5, 0.6) is 0 Å². The van der Waals surface area contributed by atoms with Crippen molar-refractivity contribution in [3.8, 4) is 0 Å². The van der Waals surface area contributed by atoms with Gasteiger partial charge in [0, 0.05) is 44.3 Å². The van der Waals surface area contributed by atoms with E-state index in [2.05, 4.69) is 9.88 Å². The number of piperazine rings is 1. The summed E-state index contributed by atoms with van der Waals surface area (Å²) < 4.78 is 40.1. The van der Waals surface area contributed by atoms with Crippen molar-refractivity contribution in [2.45, 2.75) is 11.8 Å². The molecule has 122 valence electrons. The molecule has 0 amide bonds. The average molecular weight is 335 g/mol. The standard InChI is InChI=1S/C16H18FN3O2S/c1-13-12-14(17)2-3-16(13)23(21,22)20-10-8-19(9-11-20)15-4-6-18-7-5-15/h2-7,12H,8-11H2,1H3. The normalized spacial score (nSPS) is 16.5. The zero-order chi connectivity index (χ0) is 16.4.